The fourth-order valence-electron chi connectivity index (χ4n) is 2.16. The van der Waals surface area contributed by atoms with Crippen LogP contribution in [0.3, 0.4) is 0 Å². The number of nitrogens with one attached hydrogen (secondary N) is 1. The molecule has 1 aliphatic rings. The lowest BCUT2D eigenvalue weighted by Crippen LogP contribution is -2.28. The van der Waals surface area contributed by atoms with Crippen LogP contribution in [0.15, 0.2) is 17.2 Å². The Balaban J connectivity index is 1.96. The van der Waals surface area contributed by atoms with Gasteiger partial charge in [-0.15, -0.1) is 0 Å². The summed E-state index contributed by atoms with van der Waals surface area (Å²) in [5.41, 5.74) is 0.299. The van der Waals surface area contributed by atoms with Gasteiger partial charge in [-0.1, -0.05) is 19.3 Å². The van der Waals surface area contributed by atoms with Crippen LogP contribution in [-0.2, 0) is 16.1 Å². The number of carbonyl (C=O) groups excluding carboxylic acids is 1. The van der Waals surface area contributed by atoms with Crippen molar-refractivity contribution >= 4 is 25.6 Å². The Kier molecular flexibility index (Phi) is 4.20. The van der Waals surface area contributed by atoms with Crippen LogP contribution in [0.25, 0.3) is 0 Å². The molecule has 5 nitrogen and oxygen atoms in total. The molecule has 19 heavy (non-hydrogen) atoms. The number of amides is 1. The van der Waals surface area contributed by atoms with Crippen molar-refractivity contribution in [2.45, 2.75) is 30.6 Å². The van der Waals surface area contributed by atoms with Crippen LogP contribution < -0.4 is 5.32 Å². The van der Waals surface area contributed by atoms with E-state index in [2.05, 4.69) is 5.32 Å². The lowest BCUT2D eigenvalue weighted by atomic mass is 9.83. The molecular weight excluding hydrogens is 288 g/mol. The molecule has 7 heteroatoms. The molecule has 0 unspecified atom stereocenters. The standard InChI is InChI=1S/C12H17ClN2O3S/c1-15-8-10(19(13,17)18)7-11(15)12(16)14-6-5-9-3-2-4-9/h7-9H,2-6H2,1H3,(H,14,16). The minimum absolute atomic E-state index is 0.0548. The monoisotopic (exact) mass is 304 g/mol. The third-order valence-electron chi connectivity index (χ3n) is 3.56. The van der Waals surface area contributed by atoms with E-state index in [1.165, 1.54) is 36.1 Å². The van der Waals surface area contributed by atoms with Crippen molar-refractivity contribution in [1.82, 2.24) is 9.88 Å². The van der Waals surface area contributed by atoms with Crippen LogP contribution in [0.5, 0.6) is 0 Å². The van der Waals surface area contributed by atoms with Crippen molar-refractivity contribution in [1.29, 1.82) is 0 Å². The molecule has 1 fully saturated rings. The minimum atomic E-state index is -3.80. The van der Waals surface area contributed by atoms with Crippen molar-refractivity contribution in [3.8, 4) is 0 Å². The Morgan fingerprint density at radius 1 is 1.53 bits per heavy atom. The van der Waals surface area contributed by atoms with Gasteiger partial charge in [0.25, 0.3) is 15.0 Å². The highest BCUT2D eigenvalue weighted by Gasteiger charge is 2.20. The second-order valence-electron chi connectivity index (χ2n) is 4.95. The quantitative estimate of drug-likeness (QED) is 0.844. The number of hydrogen-bond donors (Lipinski definition) is 1. The van der Waals surface area contributed by atoms with Gasteiger partial charge >= 0.3 is 0 Å². The Labute approximate surface area is 117 Å². The highest BCUT2D eigenvalue weighted by molar-refractivity contribution is 8.13. The van der Waals surface area contributed by atoms with Crippen LogP contribution >= 0.6 is 10.7 Å². The van der Waals surface area contributed by atoms with Gasteiger partial charge in [0.15, 0.2) is 0 Å². The zero-order chi connectivity index (χ0) is 14.0. The molecule has 106 valence electrons. The van der Waals surface area contributed by atoms with E-state index in [9.17, 15) is 13.2 Å². The van der Waals surface area contributed by atoms with Gasteiger partial charge in [-0.25, -0.2) is 8.42 Å². The number of aryl methyl sites for hydroxylation is 1. The highest BCUT2D eigenvalue weighted by Crippen LogP contribution is 2.28. The Hall–Kier alpha value is -1.01. The largest absolute Gasteiger partial charge is 0.351 e. The molecule has 1 N–H and O–H groups in total. The van der Waals surface area contributed by atoms with E-state index >= 15 is 0 Å². The maximum absolute atomic E-state index is 11.9. The maximum Gasteiger partial charge on any atom is 0.267 e. The number of halogens is 1. The number of carbonyl (C=O) groups is 1. The highest BCUT2D eigenvalue weighted by atomic mass is 35.7. The Bertz CT molecular complexity index is 576. The van der Waals surface area contributed by atoms with Crippen LogP contribution in [-0.4, -0.2) is 25.4 Å². The number of rotatable bonds is 5. The molecule has 1 amide bonds. The molecule has 1 aromatic heterocycles. The topological polar surface area (TPSA) is 68.2 Å². The van der Waals surface area contributed by atoms with Crippen LogP contribution in [0.1, 0.15) is 36.2 Å². The molecule has 2 rings (SSSR count). The Morgan fingerprint density at radius 3 is 2.68 bits per heavy atom. The van der Waals surface area contributed by atoms with E-state index in [-0.39, 0.29) is 10.8 Å². The fourth-order valence-corrected chi connectivity index (χ4v) is 2.94. The molecule has 0 bridgehead atoms. The van der Waals surface area contributed by atoms with Crippen molar-refractivity contribution in [3.63, 3.8) is 0 Å². The first kappa shape index (κ1) is 14.4. The molecule has 0 aromatic carbocycles. The van der Waals surface area contributed by atoms with E-state index in [1.54, 1.807) is 7.05 Å². The van der Waals surface area contributed by atoms with E-state index in [1.807, 2.05) is 0 Å². The summed E-state index contributed by atoms with van der Waals surface area (Å²) in [6.45, 7) is 0.623. The van der Waals surface area contributed by atoms with Crippen LogP contribution in [0.4, 0.5) is 0 Å². The normalized spacial score (nSPS) is 16.1. The van der Waals surface area contributed by atoms with Gasteiger partial charge in [0, 0.05) is 30.5 Å². The predicted octanol–water partition coefficient (Wildman–Crippen LogP) is 1.87. The Morgan fingerprint density at radius 2 is 2.21 bits per heavy atom. The van der Waals surface area contributed by atoms with Crippen LogP contribution in [0, 0.1) is 5.92 Å². The zero-order valence-corrected chi connectivity index (χ0v) is 12.3. The molecule has 0 radical (unpaired) electrons. The van der Waals surface area contributed by atoms with E-state index in [0.717, 1.165) is 12.3 Å². The fraction of sp³-hybridized carbons (Fsp3) is 0.583. The van der Waals surface area contributed by atoms with Crippen LogP contribution in [0.2, 0.25) is 0 Å². The van der Waals surface area contributed by atoms with Gasteiger partial charge in [-0.2, -0.15) is 0 Å². The van der Waals surface area contributed by atoms with Gasteiger partial charge in [-0.05, 0) is 18.4 Å². The molecule has 1 aromatic rings. The van der Waals surface area contributed by atoms with E-state index < -0.39 is 9.05 Å². The SMILES string of the molecule is Cn1cc(S(=O)(=O)Cl)cc1C(=O)NCCC1CCC1. The molecule has 1 saturated carbocycles. The summed E-state index contributed by atoms with van der Waals surface area (Å²) in [5, 5.41) is 2.81. The molecule has 1 heterocycles. The zero-order valence-electron chi connectivity index (χ0n) is 10.7. The predicted molar refractivity (Wildman–Crippen MR) is 72.7 cm³/mol. The number of aromatic nitrogens is 1. The molecule has 1 aliphatic carbocycles. The van der Waals surface area contributed by atoms with Crippen molar-refractivity contribution in [3.05, 3.63) is 18.0 Å². The molecular formula is C12H17ClN2O3S. The van der Waals surface area contributed by atoms with Crippen molar-refractivity contribution in [2.24, 2.45) is 13.0 Å². The maximum atomic E-state index is 11.9. The third kappa shape index (κ3) is 3.51. The van der Waals surface area contributed by atoms with Gasteiger partial charge in [-0.3, -0.25) is 4.79 Å². The van der Waals surface area contributed by atoms with Gasteiger partial charge in [0.1, 0.15) is 10.6 Å². The van der Waals surface area contributed by atoms with Crippen molar-refractivity contribution in [2.75, 3.05) is 6.54 Å². The van der Waals surface area contributed by atoms with E-state index in [4.69, 9.17) is 10.7 Å². The van der Waals surface area contributed by atoms with Gasteiger partial charge < -0.3 is 9.88 Å². The molecule has 0 saturated heterocycles. The summed E-state index contributed by atoms with van der Waals surface area (Å²) in [7, 11) is 3.07. The average molecular weight is 305 g/mol. The second kappa shape index (κ2) is 5.54. The van der Waals surface area contributed by atoms with Crippen molar-refractivity contribution < 1.29 is 13.2 Å². The number of hydrogen-bond acceptors (Lipinski definition) is 3. The summed E-state index contributed by atoms with van der Waals surface area (Å²) in [6, 6.07) is 1.29. The lowest BCUT2D eigenvalue weighted by Gasteiger charge is -2.25. The first-order valence-corrected chi connectivity index (χ1v) is 8.58. The first-order chi connectivity index (χ1) is 8.88. The average Bonchev–Trinajstić information content (AvgIpc) is 2.63. The summed E-state index contributed by atoms with van der Waals surface area (Å²) in [4.78, 5) is 11.9. The third-order valence-corrected chi connectivity index (χ3v) is 4.88. The van der Waals surface area contributed by atoms with Gasteiger partial charge in [0.2, 0.25) is 0 Å². The molecule has 0 atom stereocenters. The minimum Gasteiger partial charge on any atom is -0.351 e. The first-order valence-electron chi connectivity index (χ1n) is 6.27. The molecule has 0 spiro atoms. The summed E-state index contributed by atoms with van der Waals surface area (Å²) < 4.78 is 23.8. The summed E-state index contributed by atoms with van der Waals surface area (Å²) in [6.07, 6.45) is 6.09. The van der Waals surface area contributed by atoms with Gasteiger partial charge in [0.05, 0.1) is 0 Å². The lowest BCUT2D eigenvalue weighted by molar-refractivity contribution is 0.0941. The number of nitrogens with zero attached hydrogens (tertiary/aromatic N) is 1. The summed E-state index contributed by atoms with van der Waals surface area (Å²) >= 11 is 0. The van der Waals surface area contributed by atoms with E-state index in [0.29, 0.717) is 12.2 Å². The smallest absolute Gasteiger partial charge is 0.267 e. The molecule has 0 aliphatic heterocycles. The second-order valence-corrected chi connectivity index (χ2v) is 7.52. The summed E-state index contributed by atoms with van der Waals surface area (Å²) in [5.74, 6) is 0.459.